The van der Waals surface area contributed by atoms with E-state index in [-0.39, 0.29) is 42.2 Å². The summed E-state index contributed by atoms with van der Waals surface area (Å²) in [6.07, 6.45) is 5.15. The molecule has 1 spiro atoms. The first kappa shape index (κ1) is 24.4. The fraction of sp³-hybridized carbons (Fsp3) is 0.870. The number of likely N-dealkylation sites (tertiary alicyclic amines) is 1. The Morgan fingerprint density at radius 3 is 2.68 bits per heavy atom. The first-order chi connectivity index (χ1) is 14.8. The number of carbonyl (C=O) groups excluding carboxylic acids is 3. The van der Waals surface area contributed by atoms with Crippen molar-refractivity contribution >= 4 is 29.5 Å². The number of nitrogens with zero attached hydrogens (tertiary/aromatic N) is 1. The highest BCUT2D eigenvalue weighted by molar-refractivity contribution is 8.02. The van der Waals surface area contributed by atoms with E-state index in [1.54, 1.807) is 23.6 Å². The van der Waals surface area contributed by atoms with Gasteiger partial charge in [-0.05, 0) is 38.5 Å². The second kappa shape index (κ2) is 10.1. The second-order valence-electron chi connectivity index (χ2n) is 9.52. The number of hydrogen-bond donors (Lipinski definition) is 2. The summed E-state index contributed by atoms with van der Waals surface area (Å²) < 4.78 is 4.72. The van der Waals surface area contributed by atoms with Gasteiger partial charge in [-0.25, -0.2) is 0 Å². The normalized spacial score (nSPS) is 32.5. The molecule has 0 aromatic heterocycles. The number of thioether (sulfide) groups is 1. The molecule has 3 aliphatic heterocycles. The zero-order valence-corrected chi connectivity index (χ0v) is 20.1. The summed E-state index contributed by atoms with van der Waals surface area (Å²) in [6, 6.07) is -1.08. The van der Waals surface area contributed by atoms with Crippen LogP contribution in [-0.4, -0.2) is 69.6 Å². The summed E-state index contributed by atoms with van der Waals surface area (Å²) >= 11 is 1.64. The quantitative estimate of drug-likeness (QED) is 0.368. The Balaban J connectivity index is 1.95. The highest BCUT2D eigenvalue weighted by Crippen LogP contribution is 2.66. The number of unbranched alkanes of at least 4 members (excludes halogenated alkanes) is 2. The molecule has 0 aliphatic carbocycles. The van der Waals surface area contributed by atoms with Crippen LogP contribution in [0.3, 0.4) is 0 Å². The van der Waals surface area contributed by atoms with Crippen molar-refractivity contribution in [1.29, 1.82) is 0 Å². The number of esters is 1. The summed E-state index contributed by atoms with van der Waals surface area (Å²) in [5.74, 6) is -1.44. The number of rotatable bonds is 11. The molecule has 3 fully saturated rings. The molecule has 176 valence electrons. The fourth-order valence-corrected chi connectivity index (χ4v) is 7.99. The lowest BCUT2D eigenvalue weighted by atomic mass is 9.71. The minimum Gasteiger partial charge on any atom is -0.466 e. The number of fused-ring (bicyclic) bond motifs is 1. The van der Waals surface area contributed by atoms with Gasteiger partial charge < -0.3 is 20.1 Å². The third kappa shape index (κ3) is 4.34. The largest absolute Gasteiger partial charge is 0.466 e. The molecule has 8 heteroatoms. The van der Waals surface area contributed by atoms with Crippen LogP contribution in [0.1, 0.15) is 66.2 Å². The number of carbonyl (C=O) groups is 3. The zero-order chi connectivity index (χ0) is 22.8. The Morgan fingerprint density at radius 1 is 1.32 bits per heavy atom. The van der Waals surface area contributed by atoms with Crippen molar-refractivity contribution in [1.82, 2.24) is 10.2 Å². The molecule has 0 radical (unpaired) electrons. The van der Waals surface area contributed by atoms with Crippen LogP contribution in [0.4, 0.5) is 0 Å². The van der Waals surface area contributed by atoms with Crippen LogP contribution in [0.15, 0.2) is 0 Å². The molecule has 2 unspecified atom stereocenters. The lowest BCUT2D eigenvalue weighted by Gasteiger charge is -2.37. The van der Waals surface area contributed by atoms with E-state index in [4.69, 9.17) is 4.74 Å². The molecule has 3 heterocycles. The molecule has 3 aliphatic rings. The lowest BCUT2D eigenvalue weighted by molar-refractivity contribution is -0.154. The van der Waals surface area contributed by atoms with Gasteiger partial charge >= 0.3 is 5.97 Å². The molecule has 2 bridgehead atoms. The molecule has 31 heavy (non-hydrogen) atoms. The maximum atomic E-state index is 13.8. The third-order valence-electron chi connectivity index (χ3n) is 6.97. The second-order valence-corrected chi connectivity index (χ2v) is 11.1. The fourth-order valence-electron chi connectivity index (χ4n) is 5.79. The topological polar surface area (TPSA) is 95.9 Å². The number of aliphatic hydroxyl groups is 1. The van der Waals surface area contributed by atoms with Crippen molar-refractivity contribution < 1.29 is 24.2 Å². The van der Waals surface area contributed by atoms with Gasteiger partial charge in [0.05, 0.1) is 35.8 Å². The molecule has 2 amide bonds. The Kier molecular flexibility index (Phi) is 7.95. The summed E-state index contributed by atoms with van der Waals surface area (Å²) in [4.78, 5) is 41.7. The predicted molar refractivity (Wildman–Crippen MR) is 120 cm³/mol. The molecule has 7 nitrogen and oxygen atoms in total. The molecule has 6 atom stereocenters. The maximum absolute atomic E-state index is 13.8. The monoisotopic (exact) mass is 454 g/mol. The number of aliphatic hydroxyl groups excluding tert-OH is 1. The Morgan fingerprint density at radius 2 is 2.06 bits per heavy atom. The van der Waals surface area contributed by atoms with Crippen molar-refractivity contribution in [3.8, 4) is 0 Å². The molecular weight excluding hydrogens is 416 g/mol. The van der Waals surface area contributed by atoms with E-state index in [9.17, 15) is 19.5 Å². The standard InChI is InChI=1S/C23H38N2O5S/c1-5-7-8-11-24-20(27)19-23-10-9-16(31-23)17(22(29)30-6-2)18(23)21(28)25(19)15(13-26)12-14(3)4/h14-19,26H,5-13H2,1-4H3,(H,24,27)/t15-,16+,17-,18+,19?,23?/m1/s1. The van der Waals surface area contributed by atoms with Crippen LogP contribution in [0.5, 0.6) is 0 Å². The Hall–Kier alpha value is -1.28. The van der Waals surface area contributed by atoms with E-state index in [0.717, 1.165) is 32.1 Å². The molecule has 3 saturated heterocycles. The number of nitrogens with one attached hydrogen (secondary N) is 1. The zero-order valence-electron chi connectivity index (χ0n) is 19.3. The number of ether oxygens (including phenoxy) is 1. The molecule has 0 aromatic carbocycles. The summed E-state index contributed by atoms with van der Waals surface area (Å²) in [5, 5.41) is 13.2. The van der Waals surface area contributed by atoms with Crippen LogP contribution in [0.25, 0.3) is 0 Å². The van der Waals surface area contributed by atoms with Crippen LogP contribution in [0.2, 0.25) is 0 Å². The number of amides is 2. The maximum Gasteiger partial charge on any atom is 0.310 e. The van der Waals surface area contributed by atoms with Gasteiger partial charge in [0.1, 0.15) is 6.04 Å². The van der Waals surface area contributed by atoms with Gasteiger partial charge in [0.15, 0.2) is 0 Å². The van der Waals surface area contributed by atoms with Gasteiger partial charge in [-0.3, -0.25) is 14.4 Å². The predicted octanol–water partition coefficient (Wildman–Crippen LogP) is 2.35. The summed E-state index contributed by atoms with van der Waals surface area (Å²) in [6.45, 7) is 8.64. The molecule has 3 rings (SSSR count). The van der Waals surface area contributed by atoms with Crippen LogP contribution in [0, 0.1) is 17.8 Å². The van der Waals surface area contributed by atoms with E-state index in [0.29, 0.717) is 13.0 Å². The van der Waals surface area contributed by atoms with Crippen LogP contribution in [-0.2, 0) is 19.1 Å². The van der Waals surface area contributed by atoms with Crippen molar-refractivity contribution in [2.24, 2.45) is 17.8 Å². The van der Waals surface area contributed by atoms with E-state index in [2.05, 4.69) is 12.2 Å². The van der Waals surface area contributed by atoms with E-state index in [1.807, 2.05) is 13.8 Å². The number of hydrogen-bond acceptors (Lipinski definition) is 6. The van der Waals surface area contributed by atoms with Crippen LogP contribution < -0.4 is 5.32 Å². The molecular formula is C23H38N2O5S. The molecule has 0 saturated carbocycles. The van der Waals surface area contributed by atoms with Crippen molar-refractivity contribution in [3.63, 3.8) is 0 Å². The Bertz CT molecular complexity index is 687. The van der Waals surface area contributed by atoms with Crippen molar-refractivity contribution in [2.75, 3.05) is 19.8 Å². The van der Waals surface area contributed by atoms with Gasteiger partial charge in [-0.15, -0.1) is 11.8 Å². The summed E-state index contributed by atoms with van der Waals surface area (Å²) in [5.41, 5.74) is 0. The highest BCUT2D eigenvalue weighted by atomic mass is 32.2. The van der Waals surface area contributed by atoms with Gasteiger partial charge in [0.25, 0.3) is 0 Å². The minimum absolute atomic E-state index is 0.0169. The van der Waals surface area contributed by atoms with Crippen molar-refractivity contribution in [2.45, 2.75) is 88.3 Å². The van der Waals surface area contributed by atoms with Gasteiger partial charge in [0.2, 0.25) is 11.8 Å². The SMILES string of the molecule is CCCCCNC(=O)C1N([C@@H](CO)CC(C)C)C(=O)[C@@H]2[C@H](C(=O)OCC)[C@@H]3CCC12S3. The Labute approximate surface area is 190 Å². The van der Waals surface area contributed by atoms with Gasteiger partial charge in [-0.1, -0.05) is 33.6 Å². The smallest absolute Gasteiger partial charge is 0.310 e. The van der Waals surface area contributed by atoms with Gasteiger partial charge in [0, 0.05) is 11.8 Å². The third-order valence-corrected chi connectivity index (χ3v) is 8.92. The first-order valence-electron chi connectivity index (χ1n) is 11.9. The van der Waals surface area contributed by atoms with E-state index in [1.165, 1.54) is 0 Å². The minimum atomic E-state index is -0.656. The average Bonchev–Trinajstić information content (AvgIpc) is 3.36. The van der Waals surface area contributed by atoms with Crippen LogP contribution >= 0.6 is 11.8 Å². The van der Waals surface area contributed by atoms with E-state index < -0.39 is 28.7 Å². The van der Waals surface area contributed by atoms with E-state index >= 15 is 0 Å². The first-order valence-corrected chi connectivity index (χ1v) is 12.7. The lowest BCUT2D eigenvalue weighted by Crippen LogP contribution is -2.56. The summed E-state index contributed by atoms with van der Waals surface area (Å²) in [7, 11) is 0. The molecule has 0 aromatic rings. The highest BCUT2D eigenvalue weighted by Gasteiger charge is 2.74. The van der Waals surface area contributed by atoms with Gasteiger partial charge in [-0.2, -0.15) is 0 Å². The molecule has 2 N–H and O–H groups in total. The average molecular weight is 455 g/mol. The van der Waals surface area contributed by atoms with Crippen molar-refractivity contribution in [3.05, 3.63) is 0 Å².